The van der Waals surface area contributed by atoms with E-state index in [-0.39, 0.29) is 5.97 Å². The minimum Gasteiger partial charge on any atom is -0.465 e. The zero-order chi connectivity index (χ0) is 14.0. The van der Waals surface area contributed by atoms with Crippen LogP contribution in [0.5, 0.6) is 0 Å². The average molecular weight is 280 g/mol. The van der Waals surface area contributed by atoms with Crippen LogP contribution in [0, 0.1) is 5.92 Å². The number of rotatable bonds is 4. The van der Waals surface area contributed by atoms with Gasteiger partial charge in [-0.05, 0) is 51.6 Å². The first-order valence-electron chi connectivity index (χ1n) is 8.42. The minimum atomic E-state index is -0.422. The lowest BCUT2D eigenvalue weighted by molar-refractivity contribution is -0.161. The molecule has 0 aromatic heterocycles. The fourth-order valence-electron chi connectivity index (χ4n) is 4.39. The van der Waals surface area contributed by atoms with E-state index in [1.54, 1.807) is 0 Å². The minimum absolute atomic E-state index is 0.0000246. The van der Waals surface area contributed by atoms with Crippen LogP contribution in [0.4, 0.5) is 0 Å². The van der Waals surface area contributed by atoms with E-state index in [2.05, 4.69) is 10.2 Å². The van der Waals surface area contributed by atoms with E-state index in [1.807, 2.05) is 6.92 Å². The molecule has 2 bridgehead atoms. The highest BCUT2D eigenvalue weighted by Gasteiger charge is 2.53. The van der Waals surface area contributed by atoms with E-state index in [9.17, 15) is 4.79 Å². The van der Waals surface area contributed by atoms with Crippen molar-refractivity contribution in [3.63, 3.8) is 0 Å². The number of carbonyl (C=O) groups excluding carboxylic acids is 1. The van der Waals surface area contributed by atoms with E-state index in [0.29, 0.717) is 18.6 Å². The number of hydrogen-bond acceptors (Lipinski definition) is 4. The van der Waals surface area contributed by atoms with Gasteiger partial charge in [-0.1, -0.05) is 19.3 Å². The monoisotopic (exact) mass is 280 g/mol. The van der Waals surface area contributed by atoms with Crippen LogP contribution in [0.1, 0.15) is 51.9 Å². The molecule has 1 saturated carbocycles. The first-order chi connectivity index (χ1) is 9.74. The largest absolute Gasteiger partial charge is 0.465 e. The van der Waals surface area contributed by atoms with E-state index in [0.717, 1.165) is 32.5 Å². The Bertz CT molecular complexity index is 346. The van der Waals surface area contributed by atoms with Crippen LogP contribution >= 0.6 is 0 Å². The summed E-state index contributed by atoms with van der Waals surface area (Å²) in [6.45, 7) is 5.55. The molecular weight excluding hydrogens is 252 g/mol. The Morgan fingerprint density at radius 3 is 2.45 bits per heavy atom. The van der Waals surface area contributed by atoms with Gasteiger partial charge >= 0.3 is 5.97 Å². The smallest absolute Gasteiger partial charge is 0.327 e. The van der Waals surface area contributed by atoms with Crippen LogP contribution in [-0.2, 0) is 9.53 Å². The Morgan fingerprint density at radius 2 is 1.90 bits per heavy atom. The Labute approximate surface area is 122 Å². The number of hydrogen-bond donors (Lipinski definition) is 1. The van der Waals surface area contributed by atoms with Gasteiger partial charge in [-0.25, -0.2) is 4.79 Å². The number of carbonyl (C=O) groups is 1. The molecule has 1 N–H and O–H groups in total. The lowest BCUT2D eigenvalue weighted by Crippen LogP contribution is -2.71. The van der Waals surface area contributed by atoms with Crippen LogP contribution in [0.15, 0.2) is 0 Å². The predicted molar refractivity (Wildman–Crippen MR) is 78.5 cm³/mol. The van der Waals surface area contributed by atoms with Crippen LogP contribution < -0.4 is 5.32 Å². The number of fused-ring (bicyclic) bond motifs is 3. The van der Waals surface area contributed by atoms with Gasteiger partial charge in [-0.3, -0.25) is 5.32 Å². The molecule has 4 aliphatic rings. The van der Waals surface area contributed by atoms with Crippen molar-refractivity contribution in [3.8, 4) is 0 Å². The second-order valence-electron chi connectivity index (χ2n) is 6.72. The van der Waals surface area contributed by atoms with Gasteiger partial charge in [0.15, 0.2) is 0 Å². The molecule has 3 heterocycles. The summed E-state index contributed by atoms with van der Waals surface area (Å²) in [6.07, 6.45) is 8.65. The van der Waals surface area contributed by atoms with E-state index < -0.39 is 5.54 Å². The number of ether oxygens (including phenoxy) is 1. The third kappa shape index (κ3) is 2.60. The van der Waals surface area contributed by atoms with Crippen LogP contribution in [0.2, 0.25) is 0 Å². The quantitative estimate of drug-likeness (QED) is 0.799. The van der Waals surface area contributed by atoms with E-state index in [4.69, 9.17) is 4.74 Å². The summed E-state index contributed by atoms with van der Waals surface area (Å²) in [5.74, 6) is 0.466. The normalized spacial score (nSPS) is 37.9. The van der Waals surface area contributed by atoms with Crippen molar-refractivity contribution in [2.45, 2.75) is 63.5 Å². The highest BCUT2D eigenvalue weighted by molar-refractivity contribution is 5.82. The number of piperidine rings is 3. The molecule has 4 rings (SSSR count). The lowest BCUT2D eigenvalue weighted by atomic mass is 9.71. The molecule has 0 radical (unpaired) electrons. The Hall–Kier alpha value is -0.610. The molecule has 1 atom stereocenters. The second-order valence-corrected chi connectivity index (χ2v) is 6.72. The molecule has 0 aromatic carbocycles. The van der Waals surface area contributed by atoms with E-state index >= 15 is 0 Å². The van der Waals surface area contributed by atoms with Crippen molar-refractivity contribution in [2.75, 3.05) is 26.2 Å². The fourth-order valence-corrected chi connectivity index (χ4v) is 4.39. The average Bonchev–Trinajstić information content (AvgIpc) is 2.49. The third-order valence-corrected chi connectivity index (χ3v) is 5.46. The topological polar surface area (TPSA) is 41.6 Å². The maximum absolute atomic E-state index is 12.7. The third-order valence-electron chi connectivity index (χ3n) is 5.46. The number of esters is 1. The molecule has 20 heavy (non-hydrogen) atoms. The molecule has 0 aromatic rings. The molecule has 1 aliphatic carbocycles. The van der Waals surface area contributed by atoms with Gasteiger partial charge in [0.1, 0.15) is 5.54 Å². The van der Waals surface area contributed by atoms with Crippen LogP contribution in [0.3, 0.4) is 0 Å². The predicted octanol–water partition coefficient (Wildman–Crippen LogP) is 1.94. The Morgan fingerprint density at radius 1 is 1.20 bits per heavy atom. The number of nitrogens with zero attached hydrogens (tertiary/aromatic N) is 1. The summed E-state index contributed by atoms with van der Waals surface area (Å²) in [5, 5.41) is 3.77. The molecule has 4 fully saturated rings. The molecule has 3 aliphatic heterocycles. The Balaban J connectivity index is 1.77. The molecule has 4 nitrogen and oxygen atoms in total. The van der Waals surface area contributed by atoms with Crippen molar-refractivity contribution in [3.05, 3.63) is 0 Å². The molecule has 114 valence electrons. The van der Waals surface area contributed by atoms with Crippen molar-refractivity contribution < 1.29 is 9.53 Å². The summed E-state index contributed by atoms with van der Waals surface area (Å²) in [4.78, 5) is 15.1. The van der Waals surface area contributed by atoms with Gasteiger partial charge < -0.3 is 9.64 Å². The van der Waals surface area contributed by atoms with Gasteiger partial charge in [0.25, 0.3) is 0 Å². The highest BCUT2D eigenvalue weighted by atomic mass is 16.5. The maximum atomic E-state index is 12.7. The summed E-state index contributed by atoms with van der Waals surface area (Å²) in [7, 11) is 0. The van der Waals surface area contributed by atoms with Crippen molar-refractivity contribution in [2.24, 2.45) is 5.92 Å². The van der Waals surface area contributed by atoms with Gasteiger partial charge in [-0.15, -0.1) is 0 Å². The van der Waals surface area contributed by atoms with Gasteiger partial charge in [0.05, 0.1) is 6.61 Å². The standard InChI is InChI=1S/C16H28N2O2/c1-2-20-15(19)16(17-14-6-4-3-5-7-14)12-18-10-8-13(16)9-11-18/h13-14,17H,2-12H2,1H3. The molecule has 0 spiro atoms. The summed E-state index contributed by atoms with van der Waals surface area (Å²) in [5.41, 5.74) is -0.422. The number of nitrogens with one attached hydrogen (secondary N) is 1. The fraction of sp³-hybridized carbons (Fsp3) is 0.938. The highest BCUT2D eigenvalue weighted by Crippen LogP contribution is 2.38. The van der Waals surface area contributed by atoms with Gasteiger partial charge in [0, 0.05) is 12.6 Å². The zero-order valence-electron chi connectivity index (χ0n) is 12.7. The molecule has 4 heteroatoms. The SMILES string of the molecule is CCOC(=O)C1(NC2CCCCC2)CN2CCC1CC2. The summed E-state index contributed by atoms with van der Waals surface area (Å²) >= 11 is 0. The molecule has 1 unspecified atom stereocenters. The lowest BCUT2D eigenvalue weighted by Gasteiger charge is -2.53. The summed E-state index contributed by atoms with van der Waals surface area (Å²) < 4.78 is 5.45. The zero-order valence-corrected chi connectivity index (χ0v) is 12.7. The van der Waals surface area contributed by atoms with E-state index in [1.165, 1.54) is 32.1 Å². The molecule has 3 saturated heterocycles. The summed E-state index contributed by atoms with van der Waals surface area (Å²) in [6, 6.07) is 0.508. The first kappa shape index (κ1) is 14.3. The van der Waals surface area contributed by atoms with Crippen LogP contribution in [-0.4, -0.2) is 48.7 Å². The molecular formula is C16H28N2O2. The van der Waals surface area contributed by atoms with Gasteiger partial charge in [0.2, 0.25) is 0 Å². The van der Waals surface area contributed by atoms with Crippen molar-refractivity contribution in [1.29, 1.82) is 0 Å². The van der Waals surface area contributed by atoms with Crippen molar-refractivity contribution in [1.82, 2.24) is 10.2 Å². The Kier molecular flexibility index (Phi) is 4.32. The van der Waals surface area contributed by atoms with Crippen LogP contribution in [0.25, 0.3) is 0 Å². The molecule has 0 amide bonds. The second kappa shape index (κ2) is 6.02. The van der Waals surface area contributed by atoms with Crippen molar-refractivity contribution >= 4 is 5.97 Å². The van der Waals surface area contributed by atoms with Gasteiger partial charge in [-0.2, -0.15) is 0 Å². The maximum Gasteiger partial charge on any atom is 0.327 e. The first-order valence-corrected chi connectivity index (χ1v) is 8.42.